The Balaban J connectivity index is 2.35. The smallest absolute Gasteiger partial charge is 0.132 e. The van der Waals surface area contributed by atoms with Crippen molar-refractivity contribution < 1.29 is 9.13 Å². The molecule has 0 aliphatic rings. The van der Waals surface area contributed by atoms with Gasteiger partial charge in [0.25, 0.3) is 0 Å². The van der Waals surface area contributed by atoms with Crippen molar-refractivity contribution in [3.63, 3.8) is 0 Å². The maximum absolute atomic E-state index is 13.6. The van der Waals surface area contributed by atoms with Crippen molar-refractivity contribution in [2.24, 2.45) is 0 Å². The maximum Gasteiger partial charge on any atom is 0.132 e. The lowest BCUT2D eigenvalue weighted by atomic mass is 10.1. The van der Waals surface area contributed by atoms with Crippen LogP contribution in [0.2, 0.25) is 0 Å². The van der Waals surface area contributed by atoms with Gasteiger partial charge in [0.15, 0.2) is 0 Å². The molecule has 1 unspecified atom stereocenters. The second kappa shape index (κ2) is 6.37. The quantitative estimate of drug-likeness (QED) is 0.850. The summed E-state index contributed by atoms with van der Waals surface area (Å²) in [6.45, 7) is 3.78. The van der Waals surface area contributed by atoms with E-state index in [1.54, 1.807) is 19.1 Å². The van der Waals surface area contributed by atoms with Crippen molar-refractivity contribution >= 4 is 15.9 Å². The largest absolute Gasteiger partial charge is 0.457 e. The van der Waals surface area contributed by atoms with E-state index in [1.165, 1.54) is 6.07 Å². The fraction of sp³-hybridized carbons (Fsp3) is 0.250. The Hall–Kier alpha value is -1.39. The Kier molecular flexibility index (Phi) is 4.78. The molecule has 0 saturated carbocycles. The molecule has 0 bridgehead atoms. The van der Waals surface area contributed by atoms with E-state index >= 15 is 0 Å². The van der Waals surface area contributed by atoms with Crippen molar-refractivity contribution in [2.75, 3.05) is 7.05 Å². The van der Waals surface area contributed by atoms with Crippen LogP contribution in [-0.2, 0) is 0 Å². The zero-order valence-electron chi connectivity index (χ0n) is 11.7. The van der Waals surface area contributed by atoms with Gasteiger partial charge in [-0.25, -0.2) is 4.39 Å². The second-order valence-corrected chi connectivity index (χ2v) is 5.62. The maximum atomic E-state index is 13.6. The average Bonchev–Trinajstić information content (AvgIpc) is 2.44. The lowest BCUT2D eigenvalue weighted by Gasteiger charge is -2.17. The standard InChI is InChI=1S/C16H17BrFNO/c1-10-4-6-13(9-15(10)18)20-16-7-5-12(17)8-14(16)11(2)19-3/h4-9,11,19H,1-3H3. The molecule has 0 fully saturated rings. The minimum absolute atomic E-state index is 0.137. The summed E-state index contributed by atoms with van der Waals surface area (Å²) in [5, 5.41) is 3.18. The highest BCUT2D eigenvalue weighted by atomic mass is 79.9. The molecule has 0 spiro atoms. The molecular weight excluding hydrogens is 321 g/mol. The zero-order chi connectivity index (χ0) is 14.7. The number of halogens is 2. The van der Waals surface area contributed by atoms with E-state index in [4.69, 9.17) is 4.74 Å². The van der Waals surface area contributed by atoms with Gasteiger partial charge < -0.3 is 10.1 Å². The van der Waals surface area contributed by atoms with Crippen molar-refractivity contribution in [1.82, 2.24) is 5.32 Å². The van der Waals surface area contributed by atoms with Gasteiger partial charge >= 0.3 is 0 Å². The van der Waals surface area contributed by atoms with E-state index < -0.39 is 0 Å². The topological polar surface area (TPSA) is 21.3 Å². The first kappa shape index (κ1) is 15.0. The van der Waals surface area contributed by atoms with Gasteiger partial charge in [0, 0.05) is 22.1 Å². The molecule has 0 aliphatic carbocycles. The van der Waals surface area contributed by atoms with Crippen LogP contribution < -0.4 is 10.1 Å². The number of aryl methyl sites for hydroxylation is 1. The van der Waals surface area contributed by atoms with Gasteiger partial charge in [-0.15, -0.1) is 0 Å². The Labute approximate surface area is 127 Å². The van der Waals surface area contributed by atoms with Crippen LogP contribution in [0.5, 0.6) is 11.5 Å². The molecule has 106 valence electrons. The zero-order valence-corrected chi connectivity index (χ0v) is 13.3. The Morgan fingerprint density at radius 2 is 1.95 bits per heavy atom. The van der Waals surface area contributed by atoms with Crippen LogP contribution in [0, 0.1) is 12.7 Å². The van der Waals surface area contributed by atoms with E-state index in [0.717, 1.165) is 15.8 Å². The molecule has 2 aromatic carbocycles. The molecule has 0 aliphatic heterocycles. The Bertz CT molecular complexity index is 615. The number of hydrogen-bond donors (Lipinski definition) is 1. The third kappa shape index (κ3) is 3.38. The predicted molar refractivity (Wildman–Crippen MR) is 82.8 cm³/mol. The van der Waals surface area contributed by atoms with Crippen LogP contribution in [0.4, 0.5) is 4.39 Å². The van der Waals surface area contributed by atoms with Gasteiger partial charge in [-0.1, -0.05) is 22.0 Å². The molecule has 1 atom stereocenters. The van der Waals surface area contributed by atoms with Crippen LogP contribution in [0.1, 0.15) is 24.1 Å². The monoisotopic (exact) mass is 337 g/mol. The lowest BCUT2D eigenvalue weighted by Crippen LogP contribution is -2.13. The third-order valence-corrected chi connectivity index (χ3v) is 3.74. The molecule has 0 radical (unpaired) electrons. The summed E-state index contributed by atoms with van der Waals surface area (Å²) in [5.41, 5.74) is 1.62. The minimum Gasteiger partial charge on any atom is -0.457 e. The van der Waals surface area contributed by atoms with Crippen LogP contribution in [0.3, 0.4) is 0 Å². The van der Waals surface area contributed by atoms with E-state index in [2.05, 4.69) is 21.2 Å². The SMILES string of the molecule is CNC(C)c1cc(Br)ccc1Oc1ccc(C)c(F)c1. The van der Waals surface area contributed by atoms with Crippen LogP contribution in [0.15, 0.2) is 40.9 Å². The highest BCUT2D eigenvalue weighted by molar-refractivity contribution is 9.10. The minimum atomic E-state index is -0.261. The predicted octanol–water partition coefficient (Wildman–Crippen LogP) is 4.97. The summed E-state index contributed by atoms with van der Waals surface area (Å²) in [6.07, 6.45) is 0. The number of ether oxygens (including phenoxy) is 1. The molecule has 20 heavy (non-hydrogen) atoms. The first-order chi connectivity index (χ1) is 9.51. The molecule has 0 saturated heterocycles. The first-order valence-electron chi connectivity index (χ1n) is 6.42. The summed E-state index contributed by atoms with van der Waals surface area (Å²) in [7, 11) is 1.89. The fourth-order valence-corrected chi connectivity index (χ4v) is 2.25. The van der Waals surface area contributed by atoms with E-state index in [-0.39, 0.29) is 11.9 Å². The number of nitrogens with one attached hydrogen (secondary N) is 1. The summed E-state index contributed by atoms with van der Waals surface area (Å²) >= 11 is 3.46. The van der Waals surface area contributed by atoms with Gasteiger partial charge in [0.1, 0.15) is 17.3 Å². The summed E-state index contributed by atoms with van der Waals surface area (Å²) in [5.74, 6) is 0.959. The summed E-state index contributed by atoms with van der Waals surface area (Å²) in [6, 6.07) is 10.8. The molecule has 0 heterocycles. The highest BCUT2D eigenvalue weighted by Gasteiger charge is 2.12. The molecular formula is C16H17BrFNO. The molecule has 2 rings (SSSR count). The first-order valence-corrected chi connectivity index (χ1v) is 7.21. The van der Waals surface area contributed by atoms with Crippen LogP contribution >= 0.6 is 15.9 Å². The van der Waals surface area contributed by atoms with Crippen molar-refractivity contribution in [3.8, 4) is 11.5 Å². The number of hydrogen-bond acceptors (Lipinski definition) is 2. The van der Waals surface area contributed by atoms with Crippen molar-refractivity contribution in [1.29, 1.82) is 0 Å². The molecule has 1 N–H and O–H groups in total. The Morgan fingerprint density at radius 3 is 2.60 bits per heavy atom. The fourth-order valence-electron chi connectivity index (χ4n) is 1.87. The summed E-state index contributed by atoms with van der Waals surface area (Å²) < 4.78 is 20.4. The molecule has 2 aromatic rings. The number of benzene rings is 2. The van der Waals surface area contributed by atoms with Gasteiger partial charge in [0.2, 0.25) is 0 Å². The molecule has 0 amide bonds. The summed E-state index contributed by atoms with van der Waals surface area (Å²) in [4.78, 5) is 0. The molecule has 4 heteroatoms. The third-order valence-electron chi connectivity index (χ3n) is 3.24. The number of rotatable bonds is 4. The normalized spacial score (nSPS) is 12.2. The van der Waals surface area contributed by atoms with E-state index in [0.29, 0.717) is 11.3 Å². The van der Waals surface area contributed by atoms with Crippen molar-refractivity contribution in [2.45, 2.75) is 19.9 Å². The lowest BCUT2D eigenvalue weighted by molar-refractivity contribution is 0.461. The van der Waals surface area contributed by atoms with Gasteiger partial charge in [-0.2, -0.15) is 0 Å². The van der Waals surface area contributed by atoms with Crippen molar-refractivity contribution in [3.05, 3.63) is 57.8 Å². The van der Waals surface area contributed by atoms with E-state index in [1.807, 2.05) is 32.2 Å². The van der Waals surface area contributed by atoms with E-state index in [9.17, 15) is 4.39 Å². The Morgan fingerprint density at radius 1 is 1.20 bits per heavy atom. The van der Waals surface area contributed by atoms with Gasteiger partial charge in [-0.05, 0) is 50.7 Å². The van der Waals surface area contributed by atoms with Gasteiger partial charge in [0.05, 0.1) is 0 Å². The highest BCUT2D eigenvalue weighted by Crippen LogP contribution is 2.32. The molecule has 0 aromatic heterocycles. The van der Waals surface area contributed by atoms with Crippen LogP contribution in [0.25, 0.3) is 0 Å². The van der Waals surface area contributed by atoms with Gasteiger partial charge in [-0.3, -0.25) is 0 Å². The molecule has 2 nitrogen and oxygen atoms in total. The average molecular weight is 338 g/mol. The van der Waals surface area contributed by atoms with Crippen LogP contribution in [-0.4, -0.2) is 7.05 Å². The second-order valence-electron chi connectivity index (χ2n) is 4.71.